The number of aromatic nitrogens is 2. The molecule has 0 unspecified atom stereocenters. The largest absolute Gasteiger partial charge is 0.349 e. The highest BCUT2D eigenvalue weighted by molar-refractivity contribution is 7.71. The summed E-state index contributed by atoms with van der Waals surface area (Å²) in [7, 11) is 0. The summed E-state index contributed by atoms with van der Waals surface area (Å²) >= 11 is 4.97. The average molecular weight is 277 g/mol. The number of halogens is 1. The van der Waals surface area contributed by atoms with E-state index in [9.17, 15) is 9.18 Å². The van der Waals surface area contributed by atoms with E-state index in [2.05, 4.69) is 15.3 Å². The predicted octanol–water partition coefficient (Wildman–Crippen LogP) is 2.81. The van der Waals surface area contributed by atoms with Gasteiger partial charge in [0.1, 0.15) is 5.82 Å². The van der Waals surface area contributed by atoms with E-state index in [0.717, 1.165) is 12.8 Å². The topological polar surface area (TPSA) is 60.7 Å². The van der Waals surface area contributed by atoms with Crippen LogP contribution >= 0.6 is 12.2 Å². The van der Waals surface area contributed by atoms with E-state index in [4.69, 9.17) is 12.2 Å². The second kappa shape index (κ2) is 4.62. The number of hydrogen-bond acceptors (Lipinski definition) is 2. The van der Waals surface area contributed by atoms with Crippen molar-refractivity contribution in [2.45, 2.75) is 18.9 Å². The molecule has 6 heteroatoms. The van der Waals surface area contributed by atoms with E-state index in [0.29, 0.717) is 15.8 Å². The highest BCUT2D eigenvalue weighted by Gasteiger charge is 2.18. The van der Waals surface area contributed by atoms with Crippen molar-refractivity contribution in [2.24, 2.45) is 0 Å². The van der Waals surface area contributed by atoms with E-state index >= 15 is 0 Å². The SMILES string of the molecule is O=C(NC1CC=CC1)c1cc(F)cc2[nH]c(=S)[nH]c12. The second-order valence-electron chi connectivity index (χ2n) is 4.57. The van der Waals surface area contributed by atoms with Gasteiger partial charge in [-0.1, -0.05) is 12.2 Å². The summed E-state index contributed by atoms with van der Waals surface area (Å²) in [5.41, 5.74) is 1.31. The lowest BCUT2D eigenvalue weighted by molar-refractivity contribution is 0.0940. The Labute approximate surface area is 113 Å². The van der Waals surface area contributed by atoms with Crippen molar-refractivity contribution in [2.75, 3.05) is 0 Å². The van der Waals surface area contributed by atoms with Crippen LogP contribution in [0.3, 0.4) is 0 Å². The predicted molar refractivity (Wildman–Crippen MR) is 73.1 cm³/mol. The number of nitrogens with one attached hydrogen (secondary N) is 3. The molecule has 1 aromatic carbocycles. The minimum atomic E-state index is -0.465. The van der Waals surface area contributed by atoms with Gasteiger partial charge in [0.15, 0.2) is 4.77 Å². The van der Waals surface area contributed by atoms with E-state index in [1.54, 1.807) is 0 Å². The van der Waals surface area contributed by atoms with Gasteiger partial charge in [-0.3, -0.25) is 4.79 Å². The minimum Gasteiger partial charge on any atom is -0.349 e. The molecule has 1 amide bonds. The van der Waals surface area contributed by atoms with Gasteiger partial charge < -0.3 is 15.3 Å². The molecular formula is C13H12FN3OS. The van der Waals surface area contributed by atoms with Crippen molar-refractivity contribution in [1.82, 2.24) is 15.3 Å². The second-order valence-corrected chi connectivity index (χ2v) is 4.98. The fraction of sp³-hybridized carbons (Fsp3) is 0.231. The summed E-state index contributed by atoms with van der Waals surface area (Å²) in [5.74, 6) is -0.754. The average Bonchev–Trinajstić information content (AvgIpc) is 2.96. The third kappa shape index (κ3) is 2.31. The van der Waals surface area contributed by atoms with Crippen LogP contribution in [-0.2, 0) is 0 Å². The van der Waals surface area contributed by atoms with Crippen LogP contribution in [0.1, 0.15) is 23.2 Å². The molecule has 0 radical (unpaired) electrons. The summed E-state index contributed by atoms with van der Waals surface area (Å²) in [6, 6.07) is 2.63. The number of carbonyl (C=O) groups is 1. The van der Waals surface area contributed by atoms with E-state index in [1.165, 1.54) is 12.1 Å². The van der Waals surface area contributed by atoms with Crippen molar-refractivity contribution in [1.29, 1.82) is 0 Å². The maximum absolute atomic E-state index is 13.5. The Morgan fingerprint density at radius 1 is 1.32 bits per heavy atom. The zero-order valence-electron chi connectivity index (χ0n) is 10.00. The standard InChI is InChI=1S/C13H12FN3OS/c14-7-5-9(11-10(6-7)16-13(19)17-11)12(18)15-8-3-1-2-4-8/h1-2,5-6,8H,3-4H2,(H,15,18)(H2,16,17,19). The number of amides is 1. The number of carbonyl (C=O) groups excluding carboxylic acids is 1. The van der Waals surface area contributed by atoms with Gasteiger partial charge in [-0.2, -0.15) is 0 Å². The van der Waals surface area contributed by atoms with E-state index in [1.807, 2.05) is 12.2 Å². The Morgan fingerprint density at radius 2 is 2.05 bits per heavy atom. The zero-order chi connectivity index (χ0) is 13.4. The molecule has 0 fully saturated rings. The van der Waals surface area contributed by atoms with Gasteiger partial charge in [0.25, 0.3) is 5.91 Å². The first-order chi connectivity index (χ1) is 9.13. The van der Waals surface area contributed by atoms with E-state index in [-0.39, 0.29) is 17.5 Å². The quantitative estimate of drug-likeness (QED) is 0.584. The molecule has 4 nitrogen and oxygen atoms in total. The van der Waals surface area contributed by atoms with Crippen LogP contribution in [0.4, 0.5) is 4.39 Å². The lowest BCUT2D eigenvalue weighted by Crippen LogP contribution is -2.33. The lowest BCUT2D eigenvalue weighted by atomic mass is 10.1. The highest BCUT2D eigenvalue weighted by Crippen LogP contribution is 2.19. The normalized spacial score (nSPS) is 15.2. The molecule has 0 aliphatic heterocycles. The molecule has 3 rings (SSSR count). The first-order valence-corrected chi connectivity index (χ1v) is 6.42. The van der Waals surface area contributed by atoms with Gasteiger partial charge in [0.05, 0.1) is 16.6 Å². The van der Waals surface area contributed by atoms with Crippen LogP contribution < -0.4 is 5.32 Å². The van der Waals surface area contributed by atoms with Gasteiger partial charge in [0, 0.05) is 6.04 Å². The van der Waals surface area contributed by atoms with Crippen molar-refractivity contribution < 1.29 is 9.18 Å². The minimum absolute atomic E-state index is 0.0905. The molecule has 0 saturated heterocycles. The van der Waals surface area contributed by atoms with Crippen LogP contribution in [0, 0.1) is 10.6 Å². The Kier molecular flexibility index (Phi) is 2.94. The van der Waals surface area contributed by atoms with Crippen LogP contribution in [0.15, 0.2) is 24.3 Å². The smallest absolute Gasteiger partial charge is 0.253 e. The van der Waals surface area contributed by atoms with Gasteiger partial charge in [0.2, 0.25) is 0 Å². The van der Waals surface area contributed by atoms with Gasteiger partial charge in [-0.25, -0.2) is 4.39 Å². The van der Waals surface area contributed by atoms with Crippen LogP contribution in [0.5, 0.6) is 0 Å². The Morgan fingerprint density at radius 3 is 2.79 bits per heavy atom. The third-order valence-electron chi connectivity index (χ3n) is 3.18. The molecule has 1 aliphatic carbocycles. The first kappa shape index (κ1) is 12.1. The molecule has 1 heterocycles. The summed E-state index contributed by atoms with van der Waals surface area (Å²) in [4.78, 5) is 17.9. The van der Waals surface area contributed by atoms with Crippen molar-refractivity contribution in [3.05, 3.63) is 40.4 Å². The Hall–Kier alpha value is -1.95. The fourth-order valence-electron chi connectivity index (χ4n) is 2.28. The zero-order valence-corrected chi connectivity index (χ0v) is 10.8. The summed E-state index contributed by atoms with van der Waals surface area (Å²) in [5, 5.41) is 2.89. The maximum atomic E-state index is 13.5. The van der Waals surface area contributed by atoms with Crippen molar-refractivity contribution in [3.8, 4) is 0 Å². The molecule has 0 atom stereocenters. The highest BCUT2D eigenvalue weighted by atomic mass is 32.1. The van der Waals surface area contributed by atoms with Crippen molar-refractivity contribution in [3.63, 3.8) is 0 Å². The van der Waals surface area contributed by atoms with Gasteiger partial charge in [-0.15, -0.1) is 0 Å². The van der Waals surface area contributed by atoms with Crippen molar-refractivity contribution >= 4 is 29.2 Å². The molecule has 0 spiro atoms. The molecule has 3 N–H and O–H groups in total. The number of aromatic amines is 2. The summed E-state index contributed by atoms with van der Waals surface area (Å²) < 4.78 is 13.9. The molecule has 2 aromatic rings. The summed E-state index contributed by atoms with van der Waals surface area (Å²) in [6.45, 7) is 0. The molecule has 0 saturated carbocycles. The van der Waals surface area contributed by atoms with Gasteiger partial charge in [-0.05, 0) is 37.2 Å². The Balaban J connectivity index is 1.98. The number of hydrogen-bond donors (Lipinski definition) is 3. The van der Waals surface area contributed by atoms with Gasteiger partial charge >= 0.3 is 0 Å². The lowest BCUT2D eigenvalue weighted by Gasteiger charge is -2.12. The van der Waals surface area contributed by atoms with Crippen LogP contribution in [0.2, 0.25) is 0 Å². The third-order valence-corrected chi connectivity index (χ3v) is 3.38. The molecule has 1 aliphatic rings. The Bertz CT molecular complexity index is 723. The molecule has 0 bridgehead atoms. The molecule has 98 valence electrons. The molecule has 1 aromatic heterocycles. The van der Waals surface area contributed by atoms with Crippen LogP contribution in [-0.4, -0.2) is 21.9 Å². The first-order valence-electron chi connectivity index (χ1n) is 6.01. The van der Waals surface area contributed by atoms with Crippen LogP contribution in [0.25, 0.3) is 11.0 Å². The van der Waals surface area contributed by atoms with E-state index < -0.39 is 5.82 Å². The number of rotatable bonds is 2. The summed E-state index contributed by atoms with van der Waals surface area (Å²) in [6.07, 6.45) is 5.67. The fourth-order valence-corrected chi connectivity index (χ4v) is 2.50. The number of H-pyrrole nitrogens is 2. The number of imidazole rings is 1. The molecule has 19 heavy (non-hydrogen) atoms. The maximum Gasteiger partial charge on any atom is 0.253 e. The monoisotopic (exact) mass is 277 g/mol. The number of benzene rings is 1. The molecular weight excluding hydrogens is 265 g/mol. The number of fused-ring (bicyclic) bond motifs is 1.